The SMILES string of the molecule is Cc1c(N2CCCCC2)nc2ccc(Br)cc2c1C(=O)NCC(CC(=O)O)c1c(F)cccc1Cl. The molecule has 4 rings (SSSR count). The maximum Gasteiger partial charge on any atom is 0.304 e. The number of pyridine rings is 1. The molecule has 3 aromatic rings. The molecule has 0 aliphatic carbocycles. The molecule has 1 aromatic heterocycles. The molecule has 1 aliphatic heterocycles. The second-order valence-electron chi connectivity index (χ2n) is 8.78. The normalized spacial score (nSPS) is 14.7. The number of aromatic nitrogens is 1. The van der Waals surface area contributed by atoms with E-state index in [1.54, 1.807) is 0 Å². The van der Waals surface area contributed by atoms with Gasteiger partial charge in [-0.1, -0.05) is 33.6 Å². The molecule has 35 heavy (non-hydrogen) atoms. The van der Waals surface area contributed by atoms with Gasteiger partial charge >= 0.3 is 5.97 Å². The Morgan fingerprint density at radius 1 is 1.23 bits per heavy atom. The first kappa shape index (κ1) is 25.4. The molecule has 184 valence electrons. The second-order valence-corrected chi connectivity index (χ2v) is 10.1. The summed E-state index contributed by atoms with van der Waals surface area (Å²) in [5.74, 6) is -2.12. The summed E-state index contributed by atoms with van der Waals surface area (Å²) in [4.78, 5) is 32.2. The van der Waals surface area contributed by atoms with Gasteiger partial charge in [0.25, 0.3) is 5.91 Å². The van der Waals surface area contributed by atoms with Crippen LogP contribution >= 0.6 is 27.5 Å². The van der Waals surface area contributed by atoms with Crippen LogP contribution < -0.4 is 10.2 Å². The van der Waals surface area contributed by atoms with Gasteiger partial charge in [0.05, 0.1) is 17.5 Å². The molecule has 1 amide bonds. The zero-order valence-corrected chi connectivity index (χ0v) is 21.6. The number of benzene rings is 2. The van der Waals surface area contributed by atoms with E-state index < -0.39 is 17.7 Å². The molecule has 0 spiro atoms. The summed E-state index contributed by atoms with van der Waals surface area (Å²) in [6.07, 6.45) is 2.94. The third-order valence-electron chi connectivity index (χ3n) is 6.39. The highest BCUT2D eigenvalue weighted by atomic mass is 79.9. The lowest BCUT2D eigenvalue weighted by molar-refractivity contribution is -0.137. The van der Waals surface area contributed by atoms with Crippen LogP contribution in [-0.4, -0.2) is 41.6 Å². The Balaban J connectivity index is 1.71. The average molecular weight is 563 g/mol. The number of nitrogens with one attached hydrogen (secondary N) is 1. The van der Waals surface area contributed by atoms with E-state index in [-0.39, 0.29) is 29.5 Å². The first-order valence-electron chi connectivity index (χ1n) is 11.5. The van der Waals surface area contributed by atoms with Gasteiger partial charge in [0.15, 0.2) is 0 Å². The summed E-state index contributed by atoms with van der Waals surface area (Å²) in [6, 6.07) is 9.82. The van der Waals surface area contributed by atoms with Crippen molar-refractivity contribution in [1.29, 1.82) is 0 Å². The maximum absolute atomic E-state index is 14.6. The lowest BCUT2D eigenvalue weighted by Crippen LogP contribution is -2.33. The van der Waals surface area contributed by atoms with Crippen LogP contribution in [-0.2, 0) is 4.79 Å². The molecule has 2 N–H and O–H groups in total. The number of carbonyl (C=O) groups excluding carboxylic acids is 1. The molecule has 2 aromatic carbocycles. The molecular weight excluding hydrogens is 537 g/mol. The Morgan fingerprint density at radius 2 is 1.97 bits per heavy atom. The molecule has 1 aliphatic rings. The zero-order valence-electron chi connectivity index (χ0n) is 19.3. The summed E-state index contributed by atoms with van der Waals surface area (Å²) in [7, 11) is 0. The first-order valence-corrected chi connectivity index (χ1v) is 12.7. The fourth-order valence-electron chi connectivity index (χ4n) is 4.72. The van der Waals surface area contributed by atoms with Crippen molar-refractivity contribution in [3.63, 3.8) is 0 Å². The number of rotatable bonds is 7. The minimum absolute atomic E-state index is 0.0813. The van der Waals surface area contributed by atoms with Crippen molar-refractivity contribution in [3.05, 3.63) is 68.4 Å². The number of hydrogen-bond acceptors (Lipinski definition) is 4. The van der Waals surface area contributed by atoms with E-state index in [1.165, 1.54) is 24.6 Å². The Labute approximate surface area is 216 Å². The Bertz CT molecular complexity index is 1260. The third kappa shape index (κ3) is 5.59. The van der Waals surface area contributed by atoms with E-state index in [2.05, 4.69) is 26.1 Å². The molecule has 9 heteroatoms. The van der Waals surface area contributed by atoms with Crippen molar-refractivity contribution < 1.29 is 19.1 Å². The third-order valence-corrected chi connectivity index (χ3v) is 7.21. The van der Waals surface area contributed by atoms with Crippen LogP contribution in [0.4, 0.5) is 10.2 Å². The van der Waals surface area contributed by atoms with Crippen molar-refractivity contribution in [3.8, 4) is 0 Å². The minimum Gasteiger partial charge on any atom is -0.481 e. The molecule has 1 saturated heterocycles. The molecule has 6 nitrogen and oxygen atoms in total. The van der Waals surface area contributed by atoms with Gasteiger partial charge in [0.2, 0.25) is 0 Å². The number of carboxylic acid groups (broad SMARTS) is 1. The number of carbonyl (C=O) groups is 2. The van der Waals surface area contributed by atoms with Gasteiger partial charge in [-0.05, 0) is 56.5 Å². The molecule has 1 atom stereocenters. The van der Waals surface area contributed by atoms with Crippen LogP contribution in [0.25, 0.3) is 10.9 Å². The van der Waals surface area contributed by atoms with Gasteiger partial charge in [-0.3, -0.25) is 9.59 Å². The number of amides is 1. The molecule has 0 saturated carbocycles. The van der Waals surface area contributed by atoms with E-state index in [9.17, 15) is 19.1 Å². The largest absolute Gasteiger partial charge is 0.481 e. The Hall–Kier alpha value is -2.71. The number of nitrogens with zero attached hydrogens (tertiary/aromatic N) is 2. The average Bonchev–Trinajstić information content (AvgIpc) is 2.82. The Kier molecular flexibility index (Phi) is 7.91. The van der Waals surface area contributed by atoms with Gasteiger partial charge in [-0.2, -0.15) is 0 Å². The van der Waals surface area contributed by atoms with E-state index in [1.807, 2.05) is 25.1 Å². The Morgan fingerprint density at radius 3 is 2.66 bits per heavy atom. The number of carboxylic acids is 1. The van der Waals surface area contributed by atoms with Crippen LogP contribution in [0.1, 0.15) is 53.1 Å². The van der Waals surface area contributed by atoms with Crippen LogP contribution in [0.3, 0.4) is 0 Å². The van der Waals surface area contributed by atoms with Gasteiger partial charge in [0.1, 0.15) is 11.6 Å². The predicted octanol–water partition coefficient (Wildman–Crippen LogP) is 6.08. The molecule has 1 fully saturated rings. The summed E-state index contributed by atoms with van der Waals surface area (Å²) in [6.45, 7) is 3.56. The molecule has 0 bridgehead atoms. The fourth-order valence-corrected chi connectivity index (χ4v) is 5.39. The van der Waals surface area contributed by atoms with Crippen LogP contribution in [0.2, 0.25) is 5.02 Å². The topological polar surface area (TPSA) is 82.5 Å². The second kappa shape index (κ2) is 10.9. The van der Waals surface area contributed by atoms with Crippen molar-refractivity contribution in [2.45, 2.75) is 38.5 Å². The number of halogens is 3. The predicted molar refractivity (Wildman–Crippen MR) is 139 cm³/mol. The number of aliphatic carboxylic acids is 1. The molecule has 0 radical (unpaired) electrons. The van der Waals surface area contributed by atoms with Crippen LogP contribution in [0.15, 0.2) is 40.9 Å². The van der Waals surface area contributed by atoms with Crippen molar-refractivity contribution in [2.24, 2.45) is 0 Å². The molecule has 1 unspecified atom stereocenters. The lowest BCUT2D eigenvalue weighted by atomic mass is 9.94. The quantitative estimate of drug-likeness (QED) is 0.365. The molecule has 2 heterocycles. The van der Waals surface area contributed by atoms with Gasteiger partial charge in [-0.25, -0.2) is 9.37 Å². The number of hydrogen-bond donors (Lipinski definition) is 2. The highest BCUT2D eigenvalue weighted by molar-refractivity contribution is 9.10. The summed E-state index contributed by atoms with van der Waals surface area (Å²) >= 11 is 9.68. The fraction of sp³-hybridized carbons (Fsp3) is 0.346. The summed E-state index contributed by atoms with van der Waals surface area (Å²) in [5.41, 5.74) is 2.02. The van der Waals surface area contributed by atoms with E-state index in [4.69, 9.17) is 16.6 Å². The summed E-state index contributed by atoms with van der Waals surface area (Å²) in [5, 5.41) is 13.1. The van der Waals surface area contributed by atoms with Gasteiger partial charge < -0.3 is 15.3 Å². The summed E-state index contributed by atoms with van der Waals surface area (Å²) < 4.78 is 15.4. The number of fused-ring (bicyclic) bond motifs is 1. The van der Waals surface area contributed by atoms with Crippen LogP contribution in [0.5, 0.6) is 0 Å². The highest BCUT2D eigenvalue weighted by Crippen LogP contribution is 2.33. The number of piperidine rings is 1. The smallest absolute Gasteiger partial charge is 0.304 e. The van der Waals surface area contributed by atoms with Gasteiger partial charge in [-0.15, -0.1) is 0 Å². The minimum atomic E-state index is -1.11. The monoisotopic (exact) mass is 561 g/mol. The zero-order chi connectivity index (χ0) is 25.1. The highest BCUT2D eigenvalue weighted by Gasteiger charge is 2.26. The maximum atomic E-state index is 14.6. The number of anilines is 1. The standard InChI is InChI=1S/C26H26BrClFN3O3/c1-15-23(18-13-17(27)8-9-21(18)31-25(15)32-10-3-2-4-11-32)26(35)30-14-16(12-22(33)34)24-19(28)6-5-7-20(24)29/h5-9,13,16H,2-4,10-12,14H2,1H3,(H,30,35)(H,33,34). The van der Waals surface area contributed by atoms with E-state index in [0.717, 1.165) is 41.8 Å². The molecular formula is C26H26BrClFN3O3. The van der Waals surface area contributed by atoms with E-state index >= 15 is 0 Å². The van der Waals surface area contributed by atoms with Crippen molar-refractivity contribution in [2.75, 3.05) is 24.5 Å². The van der Waals surface area contributed by atoms with Crippen molar-refractivity contribution in [1.82, 2.24) is 10.3 Å². The van der Waals surface area contributed by atoms with Crippen LogP contribution in [0, 0.1) is 12.7 Å². The lowest BCUT2D eigenvalue weighted by Gasteiger charge is -2.30. The van der Waals surface area contributed by atoms with Crippen molar-refractivity contribution >= 4 is 56.1 Å². The first-order chi connectivity index (χ1) is 16.8. The van der Waals surface area contributed by atoms with Gasteiger partial charge in [0, 0.05) is 51.6 Å². The van der Waals surface area contributed by atoms with E-state index in [0.29, 0.717) is 16.5 Å².